The fraction of sp³-hybridized carbons (Fsp3) is 0.200. The number of hydrogen-bond donors (Lipinski definition) is 3. The highest BCUT2D eigenvalue weighted by molar-refractivity contribution is 9.10. The summed E-state index contributed by atoms with van der Waals surface area (Å²) in [6, 6.07) is 13.3. The molecule has 3 N–H and O–H groups in total. The van der Waals surface area contributed by atoms with E-state index in [1.165, 1.54) is 12.1 Å². The monoisotopic (exact) mass is 449 g/mol. The number of carboxylic acid groups (broad SMARTS) is 1. The summed E-state index contributed by atoms with van der Waals surface area (Å²) in [5.41, 5.74) is 0.796. The molecule has 0 unspecified atom stereocenters. The van der Waals surface area contributed by atoms with Crippen LogP contribution in [0.25, 0.3) is 0 Å². The van der Waals surface area contributed by atoms with Crippen molar-refractivity contribution >= 4 is 33.7 Å². The SMILES string of the molecule is CCO[C@@H](/C=C/C(=O)O)[C@@H](OC(=O)Nc1ccccc1)c1cc(Br)ccc1O. The molecule has 0 radical (unpaired) electrons. The van der Waals surface area contributed by atoms with E-state index < -0.39 is 24.3 Å². The molecule has 148 valence electrons. The maximum Gasteiger partial charge on any atom is 0.412 e. The minimum Gasteiger partial charge on any atom is -0.508 e. The van der Waals surface area contributed by atoms with E-state index in [0.29, 0.717) is 10.2 Å². The normalized spacial score (nSPS) is 13.1. The molecule has 0 aliphatic carbocycles. The van der Waals surface area contributed by atoms with Crippen LogP contribution in [0.15, 0.2) is 65.2 Å². The maximum absolute atomic E-state index is 12.4. The average molecular weight is 450 g/mol. The Labute approximate surface area is 170 Å². The zero-order valence-electron chi connectivity index (χ0n) is 15.0. The number of para-hydroxylation sites is 1. The van der Waals surface area contributed by atoms with Crippen LogP contribution in [0.2, 0.25) is 0 Å². The maximum atomic E-state index is 12.4. The molecule has 0 fully saturated rings. The summed E-state index contributed by atoms with van der Waals surface area (Å²) in [6.07, 6.45) is -0.614. The Hall–Kier alpha value is -2.84. The summed E-state index contributed by atoms with van der Waals surface area (Å²) in [7, 11) is 0. The van der Waals surface area contributed by atoms with Crippen molar-refractivity contribution in [1.82, 2.24) is 0 Å². The quantitative estimate of drug-likeness (QED) is 0.512. The number of carbonyl (C=O) groups is 2. The van der Waals surface area contributed by atoms with Crippen LogP contribution in [0.1, 0.15) is 18.6 Å². The van der Waals surface area contributed by atoms with Crippen molar-refractivity contribution in [1.29, 1.82) is 0 Å². The van der Waals surface area contributed by atoms with Gasteiger partial charge >= 0.3 is 12.1 Å². The molecule has 8 heteroatoms. The minimum absolute atomic E-state index is 0.117. The fourth-order valence-corrected chi connectivity index (χ4v) is 2.84. The van der Waals surface area contributed by atoms with E-state index in [1.807, 2.05) is 0 Å². The van der Waals surface area contributed by atoms with E-state index in [4.69, 9.17) is 14.6 Å². The lowest BCUT2D eigenvalue weighted by Crippen LogP contribution is -2.28. The van der Waals surface area contributed by atoms with Crippen LogP contribution in [-0.4, -0.2) is 35.0 Å². The third-order valence-electron chi connectivity index (χ3n) is 3.64. The van der Waals surface area contributed by atoms with Crippen LogP contribution in [0.3, 0.4) is 0 Å². The molecule has 2 aromatic carbocycles. The Morgan fingerprint density at radius 1 is 1.21 bits per heavy atom. The van der Waals surface area contributed by atoms with E-state index in [1.54, 1.807) is 49.4 Å². The van der Waals surface area contributed by atoms with Gasteiger partial charge in [0.15, 0.2) is 6.10 Å². The van der Waals surface area contributed by atoms with Gasteiger partial charge in [0, 0.05) is 28.4 Å². The van der Waals surface area contributed by atoms with E-state index >= 15 is 0 Å². The van der Waals surface area contributed by atoms with Crippen LogP contribution in [-0.2, 0) is 14.3 Å². The molecule has 2 atom stereocenters. The van der Waals surface area contributed by atoms with Crippen LogP contribution < -0.4 is 5.32 Å². The van der Waals surface area contributed by atoms with Gasteiger partial charge in [-0.05, 0) is 43.3 Å². The third-order valence-corrected chi connectivity index (χ3v) is 4.13. The molecule has 0 aliphatic heterocycles. The number of amides is 1. The minimum atomic E-state index is -1.17. The Balaban J connectivity index is 2.35. The Bertz CT molecular complexity index is 840. The summed E-state index contributed by atoms with van der Waals surface area (Å²) in [5, 5.41) is 21.8. The number of carboxylic acids is 1. The van der Waals surface area contributed by atoms with Crippen LogP contribution >= 0.6 is 15.9 Å². The lowest BCUT2D eigenvalue weighted by Gasteiger charge is -2.26. The number of anilines is 1. The largest absolute Gasteiger partial charge is 0.508 e. The summed E-state index contributed by atoms with van der Waals surface area (Å²) >= 11 is 3.31. The van der Waals surface area contributed by atoms with Gasteiger partial charge in [0.25, 0.3) is 0 Å². The zero-order valence-corrected chi connectivity index (χ0v) is 16.6. The second-order valence-corrected chi connectivity index (χ2v) is 6.55. The molecule has 28 heavy (non-hydrogen) atoms. The van der Waals surface area contributed by atoms with Crippen molar-refractivity contribution in [3.05, 3.63) is 70.7 Å². The van der Waals surface area contributed by atoms with Gasteiger partial charge in [0.05, 0.1) is 0 Å². The molecule has 0 saturated heterocycles. The molecule has 0 saturated carbocycles. The van der Waals surface area contributed by atoms with Gasteiger partial charge in [0.2, 0.25) is 0 Å². The van der Waals surface area contributed by atoms with Crippen molar-refractivity contribution in [2.24, 2.45) is 0 Å². The third kappa shape index (κ3) is 6.40. The Kier molecular flexibility index (Phi) is 8.03. The van der Waals surface area contributed by atoms with Crippen molar-refractivity contribution in [3.63, 3.8) is 0 Å². The first kappa shape index (κ1) is 21.5. The van der Waals surface area contributed by atoms with Gasteiger partial charge in [0.1, 0.15) is 11.9 Å². The first-order valence-electron chi connectivity index (χ1n) is 8.44. The van der Waals surface area contributed by atoms with Gasteiger partial charge in [-0.25, -0.2) is 9.59 Å². The van der Waals surface area contributed by atoms with Crippen molar-refractivity contribution < 1.29 is 29.3 Å². The van der Waals surface area contributed by atoms with Crippen molar-refractivity contribution in [2.75, 3.05) is 11.9 Å². The number of aromatic hydroxyl groups is 1. The molecule has 0 aliphatic rings. The van der Waals surface area contributed by atoms with Gasteiger partial charge in [-0.15, -0.1) is 0 Å². The van der Waals surface area contributed by atoms with E-state index in [9.17, 15) is 14.7 Å². The molecule has 2 rings (SSSR count). The highest BCUT2D eigenvalue weighted by Crippen LogP contribution is 2.34. The molecule has 2 aromatic rings. The number of nitrogens with one attached hydrogen (secondary N) is 1. The molecule has 0 bridgehead atoms. The number of halogens is 1. The number of rotatable bonds is 8. The number of aliphatic carboxylic acids is 1. The van der Waals surface area contributed by atoms with Gasteiger partial charge in [-0.3, -0.25) is 5.32 Å². The number of carbonyl (C=O) groups excluding carboxylic acids is 1. The standard InChI is InChI=1S/C20H20BrNO6/c1-2-27-17(10-11-18(24)25)19(15-12-13(21)8-9-16(15)23)28-20(26)22-14-6-4-3-5-7-14/h3-12,17,19,23H,2H2,1H3,(H,22,26)(H,24,25)/b11-10+/t17-,19-/m0/s1. The topological polar surface area (TPSA) is 105 Å². The van der Waals surface area contributed by atoms with E-state index in [-0.39, 0.29) is 17.9 Å². The number of benzene rings is 2. The van der Waals surface area contributed by atoms with Gasteiger partial charge in [-0.2, -0.15) is 0 Å². The summed E-state index contributed by atoms with van der Waals surface area (Å²) in [5.74, 6) is -1.29. The van der Waals surface area contributed by atoms with Crippen LogP contribution in [0.5, 0.6) is 5.75 Å². The second-order valence-electron chi connectivity index (χ2n) is 5.64. The summed E-state index contributed by atoms with van der Waals surface area (Å²) < 4.78 is 11.7. The molecular formula is C20H20BrNO6. The van der Waals surface area contributed by atoms with Crippen LogP contribution in [0, 0.1) is 0 Å². The highest BCUT2D eigenvalue weighted by Gasteiger charge is 2.29. The molecule has 0 heterocycles. The Morgan fingerprint density at radius 2 is 1.93 bits per heavy atom. The molecular weight excluding hydrogens is 430 g/mol. The smallest absolute Gasteiger partial charge is 0.412 e. The van der Waals surface area contributed by atoms with Crippen molar-refractivity contribution in [2.45, 2.75) is 19.1 Å². The molecule has 0 spiro atoms. The lowest BCUT2D eigenvalue weighted by molar-refractivity contribution is -0.131. The first-order chi connectivity index (χ1) is 13.4. The lowest BCUT2D eigenvalue weighted by atomic mass is 10.0. The summed E-state index contributed by atoms with van der Waals surface area (Å²) in [6.45, 7) is 1.97. The number of phenols is 1. The van der Waals surface area contributed by atoms with E-state index in [2.05, 4.69) is 21.2 Å². The fourth-order valence-electron chi connectivity index (χ4n) is 2.46. The van der Waals surface area contributed by atoms with Gasteiger partial charge < -0.3 is 19.7 Å². The highest BCUT2D eigenvalue weighted by atomic mass is 79.9. The predicted octanol–water partition coefficient (Wildman–Crippen LogP) is 4.49. The van der Waals surface area contributed by atoms with Crippen molar-refractivity contribution in [3.8, 4) is 5.75 Å². The Morgan fingerprint density at radius 3 is 2.57 bits per heavy atom. The number of ether oxygens (including phenoxy) is 2. The molecule has 7 nitrogen and oxygen atoms in total. The van der Waals surface area contributed by atoms with E-state index in [0.717, 1.165) is 6.08 Å². The van der Waals surface area contributed by atoms with Gasteiger partial charge in [-0.1, -0.05) is 34.1 Å². The zero-order chi connectivity index (χ0) is 20.5. The summed E-state index contributed by atoms with van der Waals surface area (Å²) in [4.78, 5) is 23.3. The predicted molar refractivity (Wildman–Crippen MR) is 107 cm³/mol. The molecule has 1 amide bonds. The number of phenolic OH excluding ortho intramolecular Hbond substituents is 1. The first-order valence-corrected chi connectivity index (χ1v) is 9.23. The molecule has 0 aromatic heterocycles. The average Bonchev–Trinajstić information content (AvgIpc) is 2.66. The number of hydrogen-bond acceptors (Lipinski definition) is 5. The van der Waals surface area contributed by atoms with Crippen LogP contribution in [0.4, 0.5) is 10.5 Å². The second kappa shape index (κ2) is 10.5.